The summed E-state index contributed by atoms with van der Waals surface area (Å²) in [5.41, 5.74) is 2.32. The Kier molecular flexibility index (Phi) is 4.86. The van der Waals surface area contributed by atoms with Crippen molar-refractivity contribution >= 4 is 15.9 Å². The molecule has 0 fully saturated rings. The Labute approximate surface area is 107 Å². The second-order valence-corrected chi connectivity index (χ2v) is 5.88. The number of hydrogen-bond acceptors (Lipinski definition) is 4. The van der Waals surface area contributed by atoms with E-state index >= 15 is 0 Å². The molecule has 100 valence electrons. The predicted octanol–water partition coefficient (Wildman–Crippen LogP) is 1.01. The summed E-state index contributed by atoms with van der Waals surface area (Å²) < 4.78 is 29.7. The average Bonchev–Trinajstić information content (AvgIpc) is 2.29. The molecule has 1 aromatic rings. The van der Waals surface area contributed by atoms with Crippen molar-refractivity contribution in [1.29, 1.82) is 0 Å². The highest BCUT2D eigenvalue weighted by atomic mass is 32.2. The number of benzene rings is 1. The van der Waals surface area contributed by atoms with Crippen molar-refractivity contribution in [3.8, 4) is 0 Å². The Bertz CT molecular complexity index is 537. The van der Waals surface area contributed by atoms with Gasteiger partial charge in [0.2, 0.25) is 10.0 Å². The molecular formula is C12H17NO4S. The lowest BCUT2D eigenvalue weighted by atomic mass is 10.1. The molecule has 0 atom stereocenters. The van der Waals surface area contributed by atoms with Gasteiger partial charge in [0.15, 0.2) is 0 Å². The van der Waals surface area contributed by atoms with E-state index in [1.54, 1.807) is 18.2 Å². The molecule has 1 N–H and O–H groups in total. The largest absolute Gasteiger partial charge is 0.384 e. The molecule has 0 bridgehead atoms. The van der Waals surface area contributed by atoms with Crippen molar-refractivity contribution in [1.82, 2.24) is 4.72 Å². The van der Waals surface area contributed by atoms with Crippen LogP contribution in [0.1, 0.15) is 21.5 Å². The zero-order valence-corrected chi connectivity index (χ0v) is 11.5. The molecule has 0 saturated heterocycles. The number of carbonyl (C=O) groups is 1. The Morgan fingerprint density at radius 3 is 2.50 bits per heavy atom. The SMILES string of the molecule is COCCS(=O)(=O)NC(=O)c1ccc(C)c(C)c1. The van der Waals surface area contributed by atoms with E-state index in [4.69, 9.17) is 0 Å². The zero-order chi connectivity index (χ0) is 13.8. The Balaban J connectivity index is 2.79. The third-order valence-electron chi connectivity index (χ3n) is 2.57. The summed E-state index contributed by atoms with van der Waals surface area (Å²) in [7, 11) is -2.24. The van der Waals surface area contributed by atoms with Crippen molar-refractivity contribution in [2.24, 2.45) is 0 Å². The van der Waals surface area contributed by atoms with Crippen molar-refractivity contribution in [3.05, 3.63) is 34.9 Å². The fraction of sp³-hybridized carbons (Fsp3) is 0.417. The van der Waals surface area contributed by atoms with E-state index in [9.17, 15) is 13.2 Å². The number of aryl methyl sites for hydroxylation is 2. The molecule has 0 aromatic heterocycles. The number of methoxy groups -OCH3 is 1. The van der Waals surface area contributed by atoms with Crippen LogP contribution >= 0.6 is 0 Å². The first-order valence-corrected chi connectivity index (χ1v) is 7.12. The van der Waals surface area contributed by atoms with E-state index < -0.39 is 15.9 Å². The maximum absolute atomic E-state index is 11.8. The number of ether oxygens (including phenoxy) is 1. The van der Waals surface area contributed by atoms with Gasteiger partial charge >= 0.3 is 0 Å². The third-order valence-corrected chi connectivity index (χ3v) is 3.77. The summed E-state index contributed by atoms with van der Waals surface area (Å²) >= 11 is 0. The lowest BCUT2D eigenvalue weighted by Crippen LogP contribution is -2.33. The van der Waals surface area contributed by atoms with Gasteiger partial charge in [0.1, 0.15) is 0 Å². The molecule has 6 heteroatoms. The van der Waals surface area contributed by atoms with Gasteiger partial charge in [-0.3, -0.25) is 4.79 Å². The zero-order valence-electron chi connectivity index (χ0n) is 10.7. The second-order valence-electron chi connectivity index (χ2n) is 4.04. The van der Waals surface area contributed by atoms with E-state index in [1.165, 1.54) is 7.11 Å². The highest BCUT2D eigenvalue weighted by Gasteiger charge is 2.15. The molecule has 1 aromatic carbocycles. The summed E-state index contributed by atoms with van der Waals surface area (Å²) in [4.78, 5) is 11.8. The van der Waals surface area contributed by atoms with Gasteiger partial charge in [0.05, 0.1) is 12.4 Å². The maximum Gasteiger partial charge on any atom is 0.264 e. The first-order valence-electron chi connectivity index (χ1n) is 5.47. The van der Waals surface area contributed by atoms with E-state index in [0.717, 1.165) is 11.1 Å². The van der Waals surface area contributed by atoms with Crippen LogP contribution in [0.3, 0.4) is 0 Å². The molecule has 0 radical (unpaired) electrons. The summed E-state index contributed by atoms with van der Waals surface area (Å²) in [6.45, 7) is 3.84. The molecular weight excluding hydrogens is 254 g/mol. The van der Waals surface area contributed by atoms with Gasteiger partial charge < -0.3 is 4.74 Å². The van der Waals surface area contributed by atoms with Crippen LogP contribution in [-0.4, -0.2) is 33.8 Å². The van der Waals surface area contributed by atoms with E-state index in [2.05, 4.69) is 4.74 Å². The van der Waals surface area contributed by atoms with Crippen molar-refractivity contribution in [2.45, 2.75) is 13.8 Å². The summed E-state index contributed by atoms with van der Waals surface area (Å²) in [5, 5.41) is 0. The third kappa shape index (κ3) is 4.12. The van der Waals surface area contributed by atoms with Crippen LogP contribution in [0.25, 0.3) is 0 Å². The van der Waals surface area contributed by atoms with Crippen molar-refractivity contribution in [3.63, 3.8) is 0 Å². The Hall–Kier alpha value is -1.40. The van der Waals surface area contributed by atoms with Crippen LogP contribution in [0.5, 0.6) is 0 Å². The highest BCUT2D eigenvalue weighted by Crippen LogP contribution is 2.09. The first-order chi connectivity index (χ1) is 8.35. The van der Waals surface area contributed by atoms with Crippen LogP contribution in [0.2, 0.25) is 0 Å². The number of rotatable bonds is 5. The van der Waals surface area contributed by atoms with Crippen LogP contribution in [0.4, 0.5) is 0 Å². The minimum Gasteiger partial charge on any atom is -0.384 e. The predicted molar refractivity (Wildman–Crippen MR) is 69.0 cm³/mol. The molecule has 1 amide bonds. The number of amides is 1. The molecule has 0 heterocycles. The lowest BCUT2D eigenvalue weighted by molar-refractivity contribution is 0.0981. The fourth-order valence-electron chi connectivity index (χ4n) is 1.33. The summed E-state index contributed by atoms with van der Waals surface area (Å²) in [6.07, 6.45) is 0. The average molecular weight is 271 g/mol. The Morgan fingerprint density at radius 1 is 1.28 bits per heavy atom. The number of hydrogen-bond donors (Lipinski definition) is 1. The van der Waals surface area contributed by atoms with Gasteiger partial charge in [-0.15, -0.1) is 0 Å². The minimum atomic E-state index is -3.64. The second kappa shape index (κ2) is 5.97. The van der Waals surface area contributed by atoms with Crippen LogP contribution in [-0.2, 0) is 14.8 Å². The van der Waals surface area contributed by atoms with Crippen LogP contribution in [0, 0.1) is 13.8 Å². The van der Waals surface area contributed by atoms with Crippen molar-refractivity contribution in [2.75, 3.05) is 19.5 Å². The van der Waals surface area contributed by atoms with E-state index in [1.807, 2.05) is 18.6 Å². The van der Waals surface area contributed by atoms with Gasteiger partial charge in [-0.05, 0) is 37.1 Å². The Morgan fingerprint density at radius 2 is 1.94 bits per heavy atom. The molecule has 0 aliphatic carbocycles. The fourth-order valence-corrected chi connectivity index (χ4v) is 2.22. The molecule has 0 spiro atoms. The molecule has 18 heavy (non-hydrogen) atoms. The van der Waals surface area contributed by atoms with Gasteiger partial charge in [-0.1, -0.05) is 6.07 Å². The van der Waals surface area contributed by atoms with E-state index in [0.29, 0.717) is 5.56 Å². The molecule has 1 rings (SSSR count). The smallest absolute Gasteiger partial charge is 0.264 e. The summed E-state index contributed by atoms with van der Waals surface area (Å²) in [6, 6.07) is 5.05. The van der Waals surface area contributed by atoms with E-state index in [-0.39, 0.29) is 12.4 Å². The standard InChI is InChI=1S/C12H17NO4S/c1-9-4-5-11(8-10(9)2)12(14)13-18(15,16)7-6-17-3/h4-5,8H,6-7H2,1-3H3,(H,13,14). The van der Waals surface area contributed by atoms with Gasteiger partial charge in [-0.25, -0.2) is 13.1 Å². The maximum atomic E-state index is 11.8. The molecule has 0 unspecified atom stereocenters. The normalized spacial score (nSPS) is 11.3. The van der Waals surface area contributed by atoms with Crippen LogP contribution < -0.4 is 4.72 Å². The minimum absolute atomic E-state index is 0.0511. The molecule has 5 nitrogen and oxygen atoms in total. The number of sulfonamides is 1. The van der Waals surface area contributed by atoms with Gasteiger partial charge in [0, 0.05) is 12.7 Å². The van der Waals surface area contributed by atoms with Gasteiger partial charge in [0.25, 0.3) is 5.91 Å². The van der Waals surface area contributed by atoms with Gasteiger partial charge in [-0.2, -0.15) is 0 Å². The topological polar surface area (TPSA) is 72.5 Å². The lowest BCUT2D eigenvalue weighted by Gasteiger charge is -2.07. The van der Waals surface area contributed by atoms with Crippen molar-refractivity contribution < 1.29 is 17.9 Å². The number of carbonyl (C=O) groups excluding carboxylic acids is 1. The first kappa shape index (κ1) is 14.7. The summed E-state index contributed by atoms with van der Waals surface area (Å²) in [5.74, 6) is -0.853. The molecule has 0 saturated carbocycles. The highest BCUT2D eigenvalue weighted by molar-refractivity contribution is 7.90. The molecule has 0 aliphatic heterocycles. The van der Waals surface area contributed by atoms with Crippen LogP contribution in [0.15, 0.2) is 18.2 Å². The number of nitrogens with one attached hydrogen (secondary N) is 1. The monoisotopic (exact) mass is 271 g/mol. The quantitative estimate of drug-likeness (QED) is 0.867. The molecule has 0 aliphatic rings.